The zero-order chi connectivity index (χ0) is 12.1. The quantitative estimate of drug-likeness (QED) is 0.618. The molecule has 1 saturated carbocycles. The number of benzene rings is 1. The van der Waals surface area contributed by atoms with Gasteiger partial charge in [0.05, 0.1) is 0 Å². The molecule has 1 heteroatoms. The van der Waals surface area contributed by atoms with Crippen molar-refractivity contribution in [3.63, 3.8) is 0 Å². The van der Waals surface area contributed by atoms with Gasteiger partial charge in [0.2, 0.25) is 0 Å². The molecule has 0 spiro atoms. The SMILES string of the molecule is CC[C@H]1CC[C@H](C#Cc2ccc(Cl)cc2)CC1. The van der Waals surface area contributed by atoms with Gasteiger partial charge in [-0.3, -0.25) is 0 Å². The zero-order valence-corrected chi connectivity index (χ0v) is 11.1. The second kappa shape index (κ2) is 6.12. The number of hydrogen-bond donors (Lipinski definition) is 0. The Kier molecular flexibility index (Phi) is 4.51. The van der Waals surface area contributed by atoms with Crippen LogP contribution < -0.4 is 0 Å². The Bertz CT molecular complexity index is 399. The molecule has 0 aliphatic heterocycles. The molecule has 0 radical (unpaired) electrons. The third-order valence-electron chi connectivity index (χ3n) is 3.69. The highest BCUT2D eigenvalue weighted by Crippen LogP contribution is 2.30. The van der Waals surface area contributed by atoms with Gasteiger partial charge in [-0.2, -0.15) is 0 Å². The Morgan fingerprint density at radius 3 is 2.35 bits per heavy atom. The first-order chi connectivity index (χ1) is 8.28. The molecule has 1 aliphatic rings. The number of hydrogen-bond acceptors (Lipinski definition) is 0. The van der Waals surface area contributed by atoms with E-state index in [1.54, 1.807) is 0 Å². The largest absolute Gasteiger partial charge is 0.0945 e. The number of rotatable bonds is 1. The van der Waals surface area contributed by atoms with Gasteiger partial charge >= 0.3 is 0 Å². The van der Waals surface area contributed by atoms with Crippen LogP contribution in [0, 0.1) is 23.7 Å². The molecule has 2 rings (SSSR count). The van der Waals surface area contributed by atoms with Crippen molar-refractivity contribution in [2.75, 3.05) is 0 Å². The van der Waals surface area contributed by atoms with E-state index in [1.807, 2.05) is 24.3 Å². The van der Waals surface area contributed by atoms with E-state index in [-0.39, 0.29) is 0 Å². The third-order valence-corrected chi connectivity index (χ3v) is 3.94. The Labute approximate surface area is 109 Å². The second-order valence-corrected chi connectivity index (χ2v) is 5.34. The van der Waals surface area contributed by atoms with Crippen molar-refractivity contribution in [2.45, 2.75) is 39.0 Å². The maximum Gasteiger partial charge on any atom is 0.0406 e. The van der Waals surface area contributed by atoms with Crippen LogP contribution in [0.5, 0.6) is 0 Å². The van der Waals surface area contributed by atoms with Gasteiger partial charge in [0.15, 0.2) is 0 Å². The molecule has 0 atom stereocenters. The Balaban J connectivity index is 1.92. The van der Waals surface area contributed by atoms with E-state index in [0.29, 0.717) is 5.92 Å². The molecule has 0 bridgehead atoms. The number of halogens is 1. The van der Waals surface area contributed by atoms with Crippen molar-refractivity contribution in [3.8, 4) is 11.8 Å². The Morgan fingerprint density at radius 1 is 1.12 bits per heavy atom. The second-order valence-electron chi connectivity index (χ2n) is 4.90. The van der Waals surface area contributed by atoms with Crippen LogP contribution in [0.15, 0.2) is 24.3 Å². The van der Waals surface area contributed by atoms with Crippen LogP contribution in [0.3, 0.4) is 0 Å². The first kappa shape index (κ1) is 12.5. The summed E-state index contributed by atoms with van der Waals surface area (Å²) in [7, 11) is 0. The molecule has 0 amide bonds. The summed E-state index contributed by atoms with van der Waals surface area (Å²) in [6, 6.07) is 7.79. The summed E-state index contributed by atoms with van der Waals surface area (Å²) in [5.74, 6) is 8.23. The van der Waals surface area contributed by atoms with Crippen molar-refractivity contribution >= 4 is 11.6 Å². The lowest BCUT2D eigenvalue weighted by atomic mass is 9.81. The molecule has 0 saturated heterocycles. The molecular formula is C16H19Cl. The van der Waals surface area contributed by atoms with Crippen LogP contribution >= 0.6 is 11.6 Å². The van der Waals surface area contributed by atoms with E-state index in [2.05, 4.69) is 18.8 Å². The summed E-state index contributed by atoms with van der Waals surface area (Å²) in [5.41, 5.74) is 1.08. The van der Waals surface area contributed by atoms with Crippen LogP contribution in [0.2, 0.25) is 5.02 Å². The summed E-state index contributed by atoms with van der Waals surface area (Å²) in [6.45, 7) is 2.30. The van der Waals surface area contributed by atoms with Crippen LogP contribution in [0.25, 0.3) is 0 Å². The maximum atomic E-state index is 5.84. The van der Waals surface area contributed by atoms with Crippen LogP contribution in [0.1, 0.15) is 44.6 Å². The molecule has 0 aromatic heterocycles. The summed E-state index contributed by atoms with van der Waals surface area (Å²) < 4.78 is 0. The highest BCUT2D eigenvalue weighted by Gasteiger charge is 2.17. The molecule has 1 aromatic rings. The first-order valence-electron chi connectivity index (χ1n) is 6.55. The molecular weight excluding hydrogens is 228 g/mol. The van der Waals surface area contributed by atoms with Gasteiger partial charge in [0.25, 0.3) is 0 Å². The van der Waals surface area contributed by atoms with Crippen LogP contribution in [-0.2, 0) is 0 Å². The van der Waals surface area contributed by atoms with Gasteiger partial charge in [-0.05, 0) is 55.9 Å². The standard InChI is InChI=1S/C16H19Cl/c1-2-13-3-5-14(6-4-13)7-8-15-9-11-16(17)12-10-15/h9-14H,2-6H2,1H3/t13-,14-. The minimum absolute atomic E-state index is 0.605. The molecule has 17 heavy (non-hydrogen) atoms. The van der Waals surface area contributed by atoms with Crippen molar-refractivity contribution in [1.29, 1.82) is 0 Å². The van der Waals surface area contributed by atoms with Gasteiger partial charge in [-0.25, -0.2) is 0 Å². The van der Waals surface area contributed by atoms with Crippen molar-refractivity contribution < 1.29 is 0 Å². The van der Waals surface area contributed by atoms with Crippen molar-refractivity contribution in [3.05, 3.63) is 34.9 Å². The monoisotopic (exact) mass is 246 g/mol. The van der Waals surface area contributed by atoms with Crippen LogP contribution in [-0.4, -0.2) is 0 Å². The smallest absolute Gasteiger partial charge is 0.0406 e. The highest BCUT2D eigenvalue weighted by atomic mass is 35.5. The molecule has 0 nitrogen and oxygen atoms in total. The van der Waals surface area contributed by atoms with Crippen molar-refractivity contribution in [2.24, 2.45) is 11.8 Å². The molecule has 0 N–H and O–H groups in total. The van der Waals surface area contributed by atoms with E-state index >= 15 is 0 Å². The average molecular weight is 247 g/mol. The fourth-order valence-corrected chi connectivity index (χ4v) is 2.56. The van der Waals surface area contributed by atoms with Gasteiger partial charge < -0.3 is 0 Å². The lowest BCUT2D eigenvalue weighted by Crippen LogP contribution is -2.12. The summed E-state index contributed by atoms with van der Waals surface area (Å²) in [4.78, 5) is 0. The predicted molar refractivity (Wildman–Crippen MR) is 74.1 cm³/mol. The lowest BCUT2D eigenvalue weighted by molar-refractivity contribution is 0.309. The van der Waals surface area contributed by atoms with Crippen LogP contribution in [0.4, 0.5) is 0 Å². The lowest BCUT2D eigenvalue weighted by Gasteiger charge is -2.24. The topological polar surface area (TPSA) is 0 Å². The van der Waals surface area contributed by atoms with E-state index in [0.717, 1.165) is 16.5 Å². The molecule has 1 fully saturated rings. The minimum atomic E-state index is 0.605. The summed E-state index contributed by atoms with van der Waals surface area (Å²) >= 11 is 5.84. The van der Waals surface area contributed by atoms with Gasteiger partial charge in [-0.15, -0.1) is 0 Å². The van der Waals surface area contributed by atoms with Gasteiger partial charge in [0.1, 0.15) is 0 Å². The van der Waals surface area contributed by atoms with E-state index in [9.17, 15) is 0 Å². The normalized spacial score (nSPS) is 23.9. The maximum absolute atomic E-state index is 5.84. The fourth-order valence-electron chi connectivity index (χ4n) is 2.43. The molecule has 0 heterocycles. The fraction of sp³-hybridized carbons (Fsp3) is 0.500. The zero-order valence-electron chi connectivity index (χ0n) is 10.4. The van der Waals surface area contributed by atoms with Gasteiger partial charge in [-0.1, -0.05) is 36.8 Å². The Hall–Kier alpha value is -0.930. The highest BCUT2D eigenvalue weighted by molar-refractivity contribution is 6.30. The van der Waals surface area contributed by atoms with E-state index in [1.165, 1.54) is 32.1 Å². The van der Waals surface area contributed by atoms with Crippen molar-refractivity contribution in [1.82, 2.24) is 0 Å². The molecule has 1 aliphatic carbocycles. The van der Waals surface area contributed by atoms with E-state index in [4.69, 9.17) is 11.6 Å². The molecule has 90 valence electrons. The minimum Gasteiger partial charge on any atom is -0.0945 e. The Morgan fingerprint density at radius 2 is 1.76 bits per heavy atom. The molecule has 1 aromatic carbocycles. The first-order valence-corrected chi connectivity index (χ1v) is 6.93. The third kappa shape index (κ3) is 3.79. The molecule has 0 unspecified atom stereocenters. The summed E-state index contributed by atoms with van der Waals surface area (Å²) in [5, 5.41) is 0.777. The van der Waals surface area contributed by atoms with Gasteiger partial charge in [0, 0.05) is 16.5 Å². The summed E-state index contributed by atoms with van der Waals surface area (Å²) in [6.07, 6.45) is 6.60. The van der Waals surface area contributed by atoms with E-state index < -0.39 is 0 Å². The predicted octanol–water partition coefficient (Wildman–Crippen LogP) is 4.91. The average Bonchev–Trinajstić information content (AvgIpc) is 2.39.